The third kappa shape index (κ3) is 2.79. The molecule has 3 N–H and O–H groups in total. The molecule has 6 nitrogen and oxygen atoms in total. The van der Waals surface area contributed by atoms with Gasteiger partial charge in [0.1, 0.15) is 6.07 Å². The topological polar surface area (TPSA) is 105 Å². The molecule has 0 radical (unpaired) electrons. The van der Waals surface area contributed by atoms with Crippen molar-refractivity contribution in [3.05, 3.63) is 58.1 Å². The highest BCUT2D eigenvalue weighted by atomic mass is 16.6. The second kappa shape index (κ2) is 5.06. The molecule has 0 fully saturated rings. The maximum atomic E-state index is 10.8. The summed E-state index contributed by atoms with van der Waals surface area (Å²) in [6, 6.07) is 13.1. The number of anilines is 3. The van der Waals surface area contributed by atoms with Crippen molar-refractivity contribution < 1.29 is 4.92 Å². The van der Waals surface area contributed by atoms with Crippen LogP contribution in [0.2, 0.25) is 0 Å². The molecule has 2 aromatic carbocycles. The molecule has 0 amide bonds. The van der Waals surface area contributed by atoms with Crippen LogP contribution in [0.5, 0.6) is 0 Å². The van der Waals surface area contributed by atoms with Crippen LogP contribution in [0, 0.1) is 21.4 Å². The van der Waals surface area contributed by atoms with E-state index < -0.39 is 4.92 Å². The van der Waals surface area contributed by atoms with Crippen LogP contribution in [-0.2, 0) is 0 Å². The summed E-state index contributed by atoms with van der Waals surface area (Å²) < 4.78 is 0. The molecule has 0 aliphatic carbocycles. The third-order valence-corrected chi connectivity index (χ3v) is 2.48. The van der Waals surface area contributed by atoms with E-state index >= 15 is 0 Å². The van der Waals surface area contributed by atoms with E-state index in [1.807, 2.05) is 6.07 Å². The van der Waals surface area contributed by atoms with Gasteiger partial charge in [-0.3, -0.25) is 10.1 Å². The molecule has 2 rings (SSSR count). The van der Waals surface area contributed by atoms with Crippen molar-refractivity contribution in [1.29, 1.82) is 5.26 Å². The Kier molecular flexibility index (Phi) is 3.30. The Labute approximate surface area is 109 Å². The fourth-order valence-corrected chi connectivity index (χ4v) is 1.66. The second-order valence-corrected chi connectivity index (χ2v) is 3.85. The van der Waals surface area contributed by atoms with Crippen molar-refractivity contribution >= 4 is 22.7 Å². The van der Waals surface area contributed by atoms with Crippen molar-refractivity contribution in [2.45, 2.75) is 0 Å². The number of nitrogens with zero attached hydrogens (tertiary/aromatic N) is 2. The molecule has 0 aliphatic heterocycles. The number of nitro benzene ring substituents is 1. The number of nitriles is 1. The van der Waals surface area contributed by atoms with Gasteiger partial charge in [-0.25, -0.2) is 0 Å². The van der Waals surface area contributed by atoms with E-state index in [1.54, 1.807) is 30.3 Å². The van der Waals surface area contributed by atoms with Crippen molar-refractivity contribution in [2.24, 2.45) is 0 Å². The fraction of sp³-hybridized carbons (Fsp3) is 0. The number of hydrogen-bond donors (Lipinski definition) is 2. The van der Waals surface area contributed by atoms with Gasteiger partial charge >= 0.3 is 0 Å². The van der Waals surface area contributed by atoms with Gasteiger partial charge in [-0.05, 0) is 18.2 Å². The molecule has 0 aliphatic rings. The number of para-hydroxylation sites is 1. The summed E-state index contributed by atoms with van der Waals surface area (Å²) in [5, 5.41) is 22.7. The van der Waals surface area contributed by atoms with Gasteiger partial charge in [0.2, 0.25) is 0 Å². The van der Waals surface area contributed by atoms with Gasteiger partial charge in [-0.1, -0.05) is 12.1 Å². The van der Waals surface area contributed by atoms with Gasteiger partial charge in [0.05, 0.1) is 16.2 Å². The van der Waals surface area contributed by atoms with Crippen LogP contribution < -0.4 is 11.1 Å². The minimum absolute atomic E-state index is 0.100. The summed E-state index contributed by atoms with van der Waals surface area (Å²) in [4.78, 5) is 10.2. The first-order chi connectivity index (χ1) is 9.10. The predicted octanol–water partition coefficient (Wildman–Crippen LogP) is 2.79. The first kappa shape index (κ1) is 12.4. The first-order valence-corrected chi connectivity index (χ1v) is 5.41. The molecule has 2 aromatic rings. The van der Waals surface area contributed by atoms with Crippen LogP contribution in [0.1, 0.15) is 5.56 Å². The molecule has 94 valence electrons. The lowest BCUT2D eigenvalue weighted by molar-refractivity contribution is -0.384. The Morgan fingerprint density at radius 2 is 2.00 bits per heavy atom. The number of non-ortho nitro benzene ring substituents is 1. The van der Waals surface area contributed by atoms with Crippen LogP contribution in [0.4, 0.5) is 22.7 Å². The molecule has 0 atom stereocenters. The van der Waals surface area contributed by atoms with Gasteiger partial charge in [-0.15, -0.1) is 0 Å². The summed E-state index contributed by atoms with van der Waals surface area (Å²) in [5.41, 5.74) is 7.29. The van der Waals surface area contributed by atoms with Gasteiger partial charge in [0.15, 0.2) is 0 Å². The average molecular weight is 254 g/mol. The zero-order valence-corrected chi connectivity index (χ0v) is 9.83. The minimum Gasteiger partial charge on any atom is -0.398 e. The van der Waals surface area contributed by atoms with Gasteiger partial charge in [0, 0.05) is 23.5 Å². The van der Waals surface area contributed by atoms with E-state index in [1.165, 1.54) is 12.1 Å². The summed E-state index contributed by atoms with van der Waals surface area (Å²) in [5.74, 6) is 0. The van der Waals surface area contributed by atoms with Crippen LogP contribution in [0.3, 0.4) is 0 Å². The van der Waals surface area contributed by atoms with Crippen LogP contribution in [0.15, 0.2) is 42.5 Å². The molecule has 0 saturated carbocycles. The van der Waals surface area contributed by atoms with Crippen molar-refractivity contribution in [1.82, 2.24) is 0 Å². The minimum atomic E-state index is -0.516. The maximum Gasteiger partial charge on any atom is 0.273 e. The van der Waals surface area contributed by atoms with Crippen molar-refractivity contribution in [3.8, 4) is 6.07 Å². The molecule has 0 spiro atoms. The largest absolute Gasteiger partial charge is 0.398 e. The number of nitro groups is 1. The molecule has 0 saturated heterocycles. The van der Waals surface area contributed by atoms with E-state index in [2.05, 4.69) is 5.32 Å². The van der Waals surface area contributed by atoms with E-state index in [9.17, 15) is 10.1 Å². The zero-order chi connectivity index (χ0) is 13.8. The van der Waals surface area contributed by atoms with Gasteiger partial charge in [0.25, 0.3) is 5.69 Å². The Bertz CT molecular complexity index is 677. The SMILES string of the molecule is N#Cc1ccccc1Nc1cc(N)cc([N+](=O)[O-])c1. The monoisotopic (exact) mass is 254 g/mol. The molecule has 0 unspecified atom stereocenters. The lowest BCUT2D eigenvalue weighted by Gasteiger charge is -2.08. The summed E-state index contributed by atoms with van der Waals surface area (Å²) in [6.45, 7) is 0. The number of nitrogens with two attached hydrogens (primary N) is 1. The summed E-state index contributed by atoms with van der Waals surface area (Å²) in [6.07, 6.45) is 0. The van der Waals surface area contributed by atoms with Gasteiger partial charge in [-0.2, -0.15) is 5.26 Å². The Hall–Kier alpha value is -3.07. The maximum absolute atomic E-state index is 10.8. The van der Waals surface area contributed by atoms with Crippen molar-refractivity contribution in [3.63, 3.8) is 0 Å². The standard InChI is InChI=1S/C13H10N4O2/c14-8-9-3-1-2-4-13(9)16-11-5-10(15)6-12(7-11)17(18)19/h1-7,16H,15H2. The Morgan fingerprint density at radius 3 is 2.68 bits per heavy atom. The summed E-state index contributed by atoms with van der Waals surface area (Å²) in [7, 11) is 0. The Balaban J connectivity index is 2.39. The van der Waals surface area contributed by atoms with E-state index in [0.29, 0.717) is 16.9 Å². The van der Waals surface area contributed by atoms with E-state index in [-0.39, 0.29) is 11.4 Å². The quantitative estimate of drug-likeness (QED) is 0.497. The highest BCUT2D eigenvalue weighted by Gasteiger charge is 2.09. The molecule has 6 heteroatoms. The fourth-order valence-electron chi connectivity index (χ4n) is 1.66. The lowest BCUT2D eigenvalue weighted by atomic mass is 10.2. The normalized spacial score (nSPS) is 9.63. The molecular weight excluding hydrogens is 244 g/mol. The number of rotatable bonds is 3. The van der Waals surface area contributed by atoms with Crippen LogP contribution in [0.25, 0.3) is 0 Å². The number of benzene rings is 2. The third-order valence-electron chi connectivity index (χ3n) is 2.48. The van der Waals surface area contributed by atoms with E-state index in [4.69, 9.17) is 11.0 Å². The predicted molar refractivity (Wildman–Crippen MR) is 71.9 cm³/mol. The van der Waals surface area contributed by atoms with Gasteiger partial charge < -0.3 is 11.1 Å². The highest BCUT2D eigenvalue weighted by Crippen LogP contribution is 2.26. The number of nitrogens with one attached hydrogen (secondary N) is 1. The molecular formula is C13H10N4O2. The molecule has 0 aromatic heterocycles. The average Bonchev–Trinajstić information content (AvgIpc) is 2.38. The zero-order valence-electron chi connectivity index (χ0n) is 9.83. The van der Waals surface area contributed by atoms with Crippen LogP contribution in [-0.4, -0.2) is 4.92 Å². The lowest BCUT2D eigenvalue weighted by Crippen LogP contribution is -1.97. The second-order valence-electron chi connectivity index (χ2n) is 3.85. The molecule has 0 heterocycles. The summed E-state index contributed by atoms with van der Waals surface area (Å²) >= 11 is 0. The first-order valence-electron chi connectivity index (χ1n) is 5.41. The highest BCUT2D eigenvalue weighted by molar-refractivity contribution is 5.71. The Morgan fingerprint density at radius 1 is 1.26 bits per heavy atom. The number of nitrogen functional groups attached to an aromatic ring is 1. The smallest absolute Gasteiger partial charge is 0.273 e. The molecule has 0 bridgehead atoms. The van der Waals surface area contributed by atoms with Crippen molar-refractivity contribution in [2.75, 3.05) is 11.1 Å². The number of hydrogen-bond acceptors (Lipinski definition) is 5. The van der Waals surface area contributed by atoms with Crippen LogP contribution >= 0.6 is 0 Å². The molecule has 19 heavy (non-hydrogen) atoms. The van der Waals surface area contributed by atoms with E-state index in [0.717, 1.165) is 0 Å².